The molecule has 2 rings (SSSR count). The van der Waals surface area contributed by atoms with Crippen molar-refractivity contribution in [3.05, 3.63) is 57.8 Å². The minimum atomic E-state index is -0.395. The maximum Gasteiger partial charge on any atom is 0.163 e. The molecule has 2 aromatic rings. The molecule has 0 fully saturated rings. The van der Waals surface area contributed by atoms with Crippen LogP contribution in [0.25, 0.3) is 11.1 Å². The lowest BCUT2D eigenvalue weighted by Crippen LogP contribution is -2.00. The highest BCUT2D eigenvalue weighted by molar-refractivity contribution is 6.42. The Morgan fingerprint density at radius 1 is 1.11 bits per heavy atom. The Hall–Kier alpha value is -1.38. The van der Waals surface area contributed by atoms with E-state index in [9.17, 15) is 9.18 Å². The Morgan fingerprint density at radius 2 is 1.84 bits per heavy atom. The van der Waals surface area contributed by atoms with E-state index in [1.54, 1.807) is 25.1 Å². The number of carbonyl (C=O) groups is 1. The molecular formula is C15H11Cl2FO. The number of Topliss-reactive ketones (excluding diaryl/α,β-unsaturated/α-hetero) is 1. The normalized spacial score (nSPS) is 10.5. The Kier molecular flexibility index (Phi) is 4.23. The molecule has 0 N–H and O–H groups in total. The molecule has 2 aromatic carbocycles. The van der Waals surface area contributed by atoms with Crippen molar-refractivity contribution in [3.8, 4) is 11.1 Å². The van der Waals surface area contributed by atoms with E-state index in [1.165, 1.54) is 18.2 Å². The first kappa shape index (κ1) is 14.0. The molecule has 1 nitrogen and oxygen atoms in total. The first-order valence-electron chi connectivity index (χ1n) is 5.81. The summed E-state index contributed by atoms with van der Waals surface area (Å²) in [5.74, 6) is -0.435. The summed E-state index contributed by atoms with van der Waals surface area (Å²) in [5, 5.41) is 0.795. The lowest BCUT2D eigenvalue weighted by molar-refractivity contribution is 0.0989. The summed E-state index contributed by atoms with van der Waals surface area (Å²) in [6.07, 6.45) is 0.361. The molecule has 0 unspecified atom stereocenters. The molecule has 98 valence electrons. The molecule has 0 saturated carbocycles. The van der Waals surface area contributed by atoms with Crippen LogP contribution in [0.1, 0.15) is 23.7 Å². The number of carbonyl (C=O) groups excluding carboxylic acids is 1. The number of rotatable bonds is 3. The molecule has 0 radical (unpaired) electrons. The highest BCUT2D eigenvalue weighted by Gasteiger charge is 2.13. The maximum absolute atomic E-state index is 13.4. The van der Waals surface area contributed by atoms with Gasteiger partial charge in [0, 0.05) is 12.0 Å². The Balaban J connectivity index is 2.62. The van der Waals surface area contributed by atoms with Gasteiger partial charge in [-0.25, -0.2) is 4.39 Å². The third-order valence-corrected chi connectivity index (χ3v) is 3.57. The minimum Gasteiger partial charge on any atom is -0.294 e. The van der Waals surface area contributed by atoms with E-state index in [4.69, 9.17) is 23.2 Å². The van der Waals surface area contributed by atoms with Gasteiger partial charge in [0.15, 0.2) is 5.78 Å². The van der Waals surface area contributed by atoms with Gasteiger partial charge in [-0.2, -0.15) is 0 Å². The van der Waals surface area contributed by atoms with E-state index in [0.717, 1.165) is 0 Å². The first-order valence-corrected chi connectivity index (χ1v) is 6.56. The third-order valence-electron chi connectivity index (χ3n) is 2.83. The number of halogens is 3. The largest absolute Gasteiger partial charge is 0.294 e. The highest BCUT2D eigenvalue weighted by atomic mass is 35.5. The second-order valence-corrected chi connectivity index (χ2v) is 4.91. The zero-order chi connectivity index (χ0) is 14.0. The average molecular weight is 297 g/mol. The fraction of sp³-hybridized carbons (Fsp3) is 0.133. The van der Waals surface area contributed by atoms with Gasteiger partial charge < -0.3 is 0 Å². The summed E-state index contributed by atoms with van der Waals surface area (Å²) >= 11 is 11.8. The summed E-state index contributed by atoms with van der Waals surface area (Å²) in [5.41, 5.74) is 1.69. The molecule has 19 heavy (non-hydrogen) atoms. The fourth-order valence-corrected chi connectivity index (χ4v) is 2.15. The van der Waals surface area contributed by atoms with Crippen LogP contribution in [0.4, 0.5) is 4.39 Å². The van der Waals surface area contributed by atoms with Gasteiger partial charge in [0.1, 0.15) is 5.82 Å². The van der Waals surface area contributed by atoms with Crippen molar-refractivity contribution in [2.75, 3.05) is 0 Å². The second-order valence-electron chi connectivity index (χ2n) is 4.10. The van der Waals surface area contributed by atoms with Crippen LogP contribution in [0.2, 0.25) is 10.0 Å². The van der Waals surface area contributed by atoms with Gasteiger partial charge in [-0.05, 0) is 41.5 Å². The summed E-state index contributed by atoms with van der Waals surface area (Å²) in [6.45, 7) is 1.77. The number of ketones is 1. The number of benzene rings is 2. The molecule has 0 bridgehead atoms. The third kappa shape index (κ3) is 2.96. The van der Waals surface area contributed by atoms with Crippen LogP contribution in [0.3, 0.4) is 0 Å². The van der Waals surface area contributed by atoms with Crippen LogP contribution in [-0.4, -0.2) is 5.78 Å². The summed E-state index contributed by atoms with van der Waals surface area (Å²) < 4.78 is 13.4. The predicted octanol–water partition coefficient (Wildman–Crippen LogP) is 5.39. The van der Waals surface area contributed by atoms with Crippen LogP contribution in [0.15, 0.2) is 36.4 Å². The van der Waals surface area contributed by atoms with Crippen molar-refractivity contribution < 1.29 is 9.18 Å². The summed E-state index contributed by atoms with van der Waals surface area (Å²) in [6, 6.07) is 9.09. The molecule has 0 saturated heterocycles. The van der Waals surface area contributed by atoms with Gasteiger partial charge in [0.25, 0.3) is 0 Å². The summed E-state index contributed by atoms with van der Waals surface area (Å²) in [4.78, 5) is 11.9. The van der Waals surface area contributed by atoms with Gasteiger partial charge in [0.05, 0.1) is 10.0 Å². The quantitative estimate of drug-likeness (QED) is 0.694. The Labute approximate surface area is 121 Å². The van der Waals surface area contributed by atoms with E-state index >= 15 is 0 Å². The van der Waals surface area contributed by atoms with Gasteiger partial charge in [-0.1, -0.05) is 36.2 Å². The molecular weight excluding hydrogens is 286 g/mol. The molecule has 0 spiro atoms. The van der Waals surface area contributed by atoms with E-state index < -0.39 is 5.82 Å². The maximum atomic E-state index is 13.4. The van der Waals surface area contributed by atoms with E-state index in [1.807, 2.05) is 0 Å². The van der Waals surface area contributed by atoms with Crippen molar-refractivity contribution >= 4 is 29.0 Å². The van der Waals surface area contributed by atoms with Gasteiger partial charge in [-0.3, -0.25) is 4.79 Å². The number of hydrogen-bond acceptors (Lipinski definition) is 1. The van der Waals surface area contributed by atoms with Crippen molar-refractivity contribution in [3.63, 3.8) is 0 Å². The van der Waals surface area contributed by atoms with Crippen LogP contribution >= 0.6 is 23.2 Å². The average Bonchev–Trinajstić information content (AvgIpc) is 2.41. The zero-order valence-electron chi connectivity index (χ0n) is 10.2. The first-order chi connectivity index (χ1) is 9.02. The molecule has 4 heteroatoms. The molecule has 0 aliphatic heterocycles. The zero-order valence-corrected chi connectivity index (χ0v) is 11.7. The van der Waals surface area contributed by atoms with Crippen molar-refractivity contribution in [2.24, 2.45) is 0 Å². The number of hydrogen-bond donors (Lipinski definition) is 0. The van der Waals surface area contributed by atoms with E-state index in [-0.39, 0.29) is 5.78 Å². The molecule has 0 heterocycles. The van der Waals surface area contributed by atoms with Gasteiger partial charge >= 0.3 is 0 Å². The van der Waals surface area contributed by atoms with E-state index in [0.29, 0.717) is 33.2 Å². The van der Waals surface area contributed by atoms with Crippen molar-refractivity contribution in [1.29, 1.82) is 0 Å². The van der Waals surface area contributed by atoms with Gasteiger partial charge in [-0.15, -0.1) is 0 Å². The SMILES string of the molecule is CCC(=O)c1ccc(F)cc1-c1ccc(Cl)c(Cl)c1. The molecule has 0 aliphatic carbocycles. The fourth-order valence-electron chi connectivity index (χ4n) is 1.85. The monoisotopic (exact) mass is 296 g/mol. The van der Waals surface area contributed by atoms with Gasteiger partial charge in [0.2, 0.25) is 0 Å². The minimum absolute atomic E-state index is 0.0407. The van der Waals surface area contributed by atoms with E-state index in [2.05, 4.69) is 0 Å². The molecule has 0 amide bonds. The Bertz CT molecular complexity index is 638. The lowest BCUT2D eigenvalue weighted by Gasteiger charge is -2.09. The van der Waals surface area contributed by atoms with Crippen LogP contribution in [-0.2, 0) is 0 Å². The van der Waals surface area contributed by atoms with Crippen LogP contribution < -0.4 is 0 Å². The lowest BCUT2D eigenvalue weighted by atomic mass is 9.96. The highest BCUT2D eigenvalue weighted by Crippen LogP contribution is 2.31. The predicted molar refractivity (Wildman–Crippen MR) is 76.5 cm³/mol. The molecule has 0 aromatic heterocycles. The smallest absolute Gasteiger partial charge is 0.163 e. The standard InChI is InChI=1S/C15H11Cl2FO/c1-2-15(19)11-5-4-10(18)8-12(11)9-3-6-13(16)14(17)7-9/h3-8H,2H2,1H3. The van der Waals surface area contributed by atoms with Crippen LogP contribution in [0, 0.1) is 5.82 Å². The topological polar surface area (TPSA) is 17.1 Å². The van der Waals surface area contributed by atoms with Crippen molar-refractivity contribution in [2.45, 2.75) is 13.3 Å². The molecule has 0 aliphatic rings. The van der Waals surface area contributed by atoms with Crippen molar-refractivity contribution in [1.82, 2.24) is 0 Å². The van der Waals surface area contributed by atoms with Crippen LogP contribution in [0.5, 0.6) is 0 Å². The molecule has 0 atom stereocenters. The Morgan fingerprint density at radius 3 is 2.47 bits per heavy atom. The summed E-state index contributed by atoms with van der Waals surface area (Å²) in [7, 11) is 0. The second kappa shape index (κ2) is 5.72.